The number of hydrogen-bond donors (Lipinski definition) is 3. The number of methoxy groups -OCH3 is 3. The summed E-state index contributed by atoms with van der Waals surface area (Å²) >= 11 is 0. The summed E-state index contributed by atoms with van der Waals surface area (Å²) in [4.78, 5) is 23.2. The second-order valence-corrected chi connectivity index (χ2v) is 5.93. The van der Waals surface area contributed by atoms with Gasteiger partial charge in [0.15, 0.2) is 11.5 Å². The highest BCUT2D eigenvalue weighted by molar-refractivity contribution is 5.92. The normalized spacial score (nSPS) is 10.0. The van der Waals surface area contributed by atoms with Gasteiger partial charge in [-0.25, -0.2) is 4.79 Å². The molecule has 150 valence electrons. The Balaban J connectivity index is 1.93. The molecule has 0 aliphatic rings. The molecule has 8 nitrogen and oxygen atoms in total. The average molecular weight is 387 g/mol. The zero-order chi connectivity index (χ0) is 20.5. The van der Waals surface area contributed by atoms with Crippen molar-refractivity contribution in [3.63, 3.8) is 0 Å². The van der Waals surface area contributed by atoms with Gasteiger partial charge in [0.2, 0.25) is 11.7 Å². The number of anilines is 2. The second kappa shape index (κ2) is 10.1. The lowest BCUT2D eigenvalue weighted by atomic mass is 10.1. The van der Waals surface area contributed by atoms with Gasteiger partial charge in [0.05, 0.1) is 21.3 Å². The van der Waals surface area contributed by atoms with Gasteiger partial charge < -0.3 is 30.2 Å². The number of ether oxygens (including phenoxy) is 3. The third-order valence-corrected chi connectivity index (χ3v) is 3.86. The van der Waals surface area contributed by atoms with Crippen LogP contribution in [-0.4, -0.2) is 39.8 Å². The summed E-state index contributed by atoms with van der Waals surface area (Å²) in [5, 5.41) is 8.20. The molecule has 3 amide bonds. The van der Waals surface area contributed by atoms with Crippen LogP contribution in [0.3, 0.4) is 0 Å². The molecule has 2 rings (SSSR count). The van der Waals surface area contributed by atoms with Gasteiger partial charge in [-0.15, -0.1) is 0 Å². The van der Waals surface area contributed by atoms with E-state index < -0.39 is 0 Å². The monoisotopic (exact) mass is 387 g/mol. The van der Waals surface area contributed by atoms with Crippen LogP contribution in [0.2, 0.25) is 0 Å². The lowest BCUT2D eigenvalue weighted by Gasteiger charge is -2.14. The zero-order valence-corrected chi connectivity index (χ0v) is 16.4. The number of urea groups is 1. The lowest BCUT2D eigenvalue weighted by Crippen LogP contribution is -2.30. The van der Waals surface area contributed by atoms with Gasteiger partial charge in [-0.3, -0.25) is 4.79 Å². The molecule has 0 saturated heterocycles. The number of nitrogens with one attached hydrogen (secondary N) is 3. The third-order valence-electron chi connectivity index (χ3n) is 3.86. The highest BCUT2D eigenvalue weighted by Crippen LogP contribution is 2.38. The molecule has 0 heterocycles. The molecule has 2 aromatic rings. The van der Waals surface area contributed by atoms with Crippen LogP contribution in [-0.2, 0) is 11.2 Å². The summed E-state index contributed by atoms with van der Waals surface area (Å²) in [6.45, 7) is 1.84. The van der Waals surface area contributed by atoms with Crippen LogP contribution in [0.25, 0.3) is 0 Å². The van der Waals surface area contributed by atoms with Crippen molar-refractivity contribution in [2.75, 3.05) is 38.5 Å². The van der Waals surface area contributed by atoms with E-state index in [1.807, 2.05) is 12.1 Å². The fourth-order valence-corrected chi connectivity index (χ4v) is 2.65. The van der Waals surface area contributed by atoms with Crippen LogP contribution >= 0.6 is 0 Å². The van der Waals surface area contributed by atoms with Crippen molar-refractivity contribution in [3.05, 3.63) is 42.0 Å². The maximum atomic E-state index is 12.1. The molecule has 0 aliphatic heterocycles. The number of benzene rings is 2. The minimum Gasteiger partial charge on any atom is -0.493 e. The van der Waals surface area contributed by atoms with E-state index in [1.54, 1.807) is 45.6 Å². The summed E-state index contributed by atoms with van der Waals surface area (Å²) in [6.07, 6.45) is 0.579. The molecule has 3 N–H and O–H groups in total. The van der Waals surface area contributed by atoms with E-state index in [-0.39, 0.29) is 11.9 Å². The first-order valence-electron chi connectivity index (χ1n) is 8.68. The van der Waals surface area contributed by atoms with Gasteiger partial charge in [-0.2, -0.15) is 0 Å². The molecule has 0 saturated carbocycles. The Kier molecular flexibility index (Phi) is 7.50. The van der Waals surface area contributed by atoms with Gasteiger partial charge in [0.1, 0.15) is 0 Å². The van der Waals surface area contributed by atoms with Crippen molar-refractivity contribution in [1.29, 1.82) is 0 Å². The quantitative estimate of drug-likeness (QED) is 0.647. The topological polar surface area (TPSA) is 97.9 Å². The van der Waals surface area contributed by atoms with E-state index in [0.717, 1.165) is 5.56 Å². The van der Waals surface area contributed by atoms with E-state index in [0.29, 0.717) is 41.6 Å². The largest absolute Gasteiger partial charge is 0.493 e. The van der Waals surface area contributed by atoms with Crippen molar-refractivity contribution in [2.45, 2.75) is 13.3 Å². The van der Waals surface area contributed by atoms with Crippen molar-refractivity contribution < 1.29 is 23.8 Å². The van der Waals surface area contributed by atoms with Crippen molar-refractivity contribution in [2.24, 2.45) is 0 Å². The van der Waals surface area contributed by atoms with Crippen LogP contribution in [0, 0.1) is 0 Å². The Hall–Kier alpha value is -3.42. The molecule has 0 aliphatic carbocycles. The zero-order valence-electron chi connectivity index (χ0n) is 16.4. The summed E-state index contributed by atoms with van der Waals surface area (Å²) in [5.41, 5.74) is 2.13. The Labute approximate surface area is 164 Å². The maximum absolute atomic E-state index is 12.1. The molecule has 8 heteroatoms. The maximum Gasteiger partial charge on any atom is 0.319 e. The summed E-state index contributed by atoms with van der Waals surface area (Å²) < 4.78 is 16.0. The first-order chi connectivity index (χ1) is 13.5. The third kappa shape index (κ3) is 5.80. The minimum atomic E-state index is -0.340. The number of hydrogen-bond acceptors (Lipinski definition) is 5. The Morgan fingerprint density at radius 3 is 2.04 bits per heavy atom. The van der Waals surface area contributed by atoms with Gasteiger partial charge in [-0.05, 0) is 42.3 Å². The number of carbonyl (C=O) groups is 2. The fourth-order valence-electron chi connectivity index (χ4n) is 2.65. The molecule has 0 spiro atoms. The van der Waals surface area contributed by atoms with E-state index in [2.05, 4.69) is 16.0 Å². The number of amides is 3. The fraction of sp³-hybridized carbons (Fsp3) is 0.300. The molecule has 0 atom stereocenters. The number of rotatable bonds is 8. The van der Waals surface area contributed by atoms with E-state index >= 15 is 0 Å². The second-order valence-electron chi connectivity index (χ2n) is 5.93. The SMILES string of the molecule is COc1cc(CCNC(=O)Nc2cccc(NC(C)=O)c2)cc(OC)c1OC. The molecule has 0 fully saturated rings. The van der Waals surface area contributed by atoms with Crippen LogP contribution in [0.15, 0.2) is 36.4 Å². The lowest BCUT2D eigenvalue weighted by molar-refractivity contribution is -0.114. The molecule has 0 unspecified atom stereocenters. The van der Waals surface area contributed by atoms with E-state index in [4.69, 9.17) is 14.2 Å². The Bertz CT molecular complexity index is 813. The summed E-state index contributed by atoms with van der Waals surface area (Å²) in [5.74, 6) is 1.48. The minimum absolute atomic E-state index is 0.174. The Morgan fingerprint density at radius 2 is 1.50 bits per heavy atom. The smallest absolute Gasteiger partial charge is 0.319 e. The molecular formula is C20H25N3O5. The predicted molar refractivity (Wildman–Crippen MR) is 108 cm³/mol. The molecule has 0 bridgehead atoms. The molecular weight excluding hydrogens is 362 g/mol. The standard InChI is InChI=1S/C20H25N3O5/c1-13(24)22-15-6-5-7-16(12-15)23-20(25)21-9-8-14-10-17(26-2)19(28-4)18(11-14)27-3/h5-7,10-12H,8-9H2,1-4H3,(H,22,24)(H2,21,23,25). The van der Waals surface area contributed by atoms with E-state index in [9.17, 15) is 9.59 Å². The van der Waals surface area contributed by atoms with Gasteiger partial charge in [-0.1, -0.05) is 6.07 Å². The molecule has 0 aromatic heterocycles. The first-order valence-corrected chi connectivity index (χ1v) is 8.68. The summed E-state index contributed by atoms with van der Waals surface area (Å²) in [6, 6.07) is 10.3. The van der Waals surface area contributed by atoms with E-state index in [1.165, 1.54) is 6.92 Å². The van der Waals surface area contributed by atoms with Gasteiger partial charge in [0, 0.05) is 24.8 Å². The van der Waals surface area contributed by atoms with Crippen molar-refractivity contribution >= 4 is 23.3 Å². The first kappa shape index (κ1) is 20.9. The van der Waals surface area contributed by atoms with Crippen LogP contribution < -0.4 is 30.2 Å². The molecule has 2 aromatic carbocycles. The average Bonchev–Trinajstić information content (AvgIpc) is 2.66. The van der Waals surface area contributed by atoms with Gasteiger partial charge in [0.25, 0.3) is 0 Å². The van der Waals surface area contributed by atoms with Crippen LogP contribution in [0.4, 0.5) is 16.2 Å². The Morgan fingerprint density at radius 1 is 0.893 bits per heavy atom. The van der Waals surface area contributed by atoms with Crippen molar-refractivity contribution in [3.8, 4) is 17.2 Å². The van der Waals surface area contributed by atoms with Crippen LogP contribution in [0.5, 0.6) is 17.2 Å². The van der Waals surface area contributed by atoms with Gasteiger partial charge >= 0.3 is 6.03 Å². The van der Waals surface area contributed by atoms with Crippen molar-refractivity contribution in [1.82, 2.24) is 5.32 Å². The molecule has 28 heavy (non-hydrogen) atoms. The highest BCUT2D eigenvalue weighted by Gasteiger charge is 2.13. The highest BCUT2D eigenvalue weighted by atomic mass is 16.5. The molecule has 0 radical (unpaired) electrons. The summed E-state index contributed by atoms with van der Waals surface area (Å²) in [7, 11) is 4.66. The number of carbonyl (C=O) groups excluding carboxylic acids is 2. The predicted octanol–water partition coefficient (Wildman–Crippen LogP) is 3.04. The van der Waals surface area contributed by atoms with Crippen LogP contribution in [0.1, 0.15) is 12.5 Å².